The highest BCUT2D eigenvalue weighted by molar-refractivity contribution is 7.89. The van der Waals surface area contributed by atoms with E-state index in [0.717, 1.165) is 0 Å². The highest BCUT2D eigenvalue weighted by Gasteiger charge is 2.27. The fourth-order valence-electron chi connectivity index (χ4n) is 2.81. The fraction of sp³-hybridized carbons (Fsp3) is 0.500. The van der Waals surface area contributed by atoms with Crippen molar-refractivity contribution in [2.45, 2.75) is 31.6 Å². The van der Waals surface area contributed by atoms with Crippen molar-refractivity contribution in [2.75, 3.05) is 19.6 Å². The van der Waals surface area contributed by atoms with Crippen LogP contribution in [0.15, 0.2) is 23.1 Å². The van der Waals surface area contributed by atoms with Crippen LogP contribution in [0.1, 0.15) is 35.7 Å². The molecule has 1 aromatic rings. The van der Waals surface area contributed by atoms with Gasteiger partial charge in [-0.05, 0) is 37.5 Å². The zero-order chi connectivity index (χ0) is 17.9. The summed E-state index contributed by atoms with van der Waals surface area (Å²) in [7, 11) is -3.62. The number of carbonyl (C=O) groups excluding carboxylic acids is 2. The molecule has 0 aromatic heterocycles. The average molecular weight is 353 g/mol. The van der Waals surface area contributed by atoms with E-state index in [0.29, 0.717) is 37.1 Å². The Morgan fingerprint density at radius 3 is 2.46 bits per heavy atom. The number of likely N-dealkylation sites (tertiary alicyclic amines) is 1. The van der Waals surface area contributed by atoms with Crippen LogP contribution >= 0.6 is 0 Å². The maximum absolute atomic E-state index is 12.7. The van der Waals surface area contributed by atoms with Gasteiger partial charge in [-0.15, -0.1) is 0 Å². The van der Waals surface area contributed by atoms with Gasteiger partial charge < -0.3 is 10.6 Å². The predicted molar refractivity (Wildman–Crippen MR) is 89.9 cm³/mol. The quantitative estimate of drug-likeness (QED) is 0.809. The lowest BCUT2D eigenvalue weighted by Crippen LogP contribution is -2.42. The Hall–Kier alpha value is -1.93. The molecule has 1 saturated heterocycles. The van der Waals surface area contributed by atoms with Crippen LogP contribution in [0, 0.1) is 12.8 Å². The normalized spacial score (nSPS) is 16.2. The number of aryl methyl sites for hydroxylation is 1. The second-order valence-corrected chi connectivity index (χ2v) is 7.71. The van der Waals surface area contributed by atoms with E-state index in [1.807, 2.05) is 0 Å². The summed E-state index contributed by atoms with van der Waals surface area (Å²) in [5.74, 6) is -0.753. The molecular formula is C16H23N3O4S. The van der Waals surface area contributed by atoms with Crippen LogP contribution in [-0.4, -0.2) is 44.8 Å². The van der Waals surface area contributed by atoms with E-state index in [1.54, 1.807) is 24.8 Å². The molecular weight excluding hydrogens is 330 g/mol. The van der Waals surface area contributed by atoms with Crippen LogP contribution in [0.2, 0.25) is 0 Å². The van der Waals surface area contributed by atoms with Gasteiger partial charge in [-0.3, -0.25) is 9.59 Å². The molecule has 8 heteroatoms. The summed E-state index contributed by atoms with van der Waals surface area (Å²) in [5, 5.41) is 0. The Bertz CT molecular complexity index is 738. The van der Waals surface area contributed by atoms with Gasteiger partial charge in [-0.25, -0.2) is 13.1 Å². The molecule has 1 aromatic carbocycles. The summed E-state index contributed by atoms with van der Waals surface area (Å²) < 4.78 is 26.7. The molecule has 0 radical (unpaired) electrons. The van der Waals surface area contributed by atoms with Crippen molar-refractivity contribution < 1.29 is 18.0 Å². The van der Waals surface area contributed by atoms with Gasteiger partial charge >= 0.3 is 0 Å². The van der Waals surface area contributed by atoms with Gasteiger partial charge in [-0.1, -0.05) is 13.0 Å². The van der Waals surface area contributed by atoms with Gasteiger partial charge in [0.1, 0.15) is 0 Å². The molecule has 1 aliphatic rings. The first kappa shape index (κ1) is 18.4. The van der Waals surface area contributed by atoms with Crippen LogP contribution in [0.25, 0.3) is 0 Å². The SMILES string of the molecule is CCNS(=O)(=O)c1ccc(C)c(C(=O)N2CCC(C(N)=O)CC2)c1. The van der Waals surface area contributed by atoms with Crippen LogP contribution in [0.3, 0.4) is 0 Å². The summed E-state index contributed by atoms with van der Waals surface area (Å²) in [5.41, 5.74) is 6.39. The highest BCUT2D eigenvalue weighted by atomic mass is 32.2. The standard InChI is InChI=1S/C16H23N3O4S/c1-3-18-24(22,23)13-5-4-11(2)14(10-13)16(21)19-8-6-12(7-9-19)15(17)20/h4-5,10,12,18H,3,6-9H2,1-2H3,(H2,17,20). The zero-order valence-electron chi connectivity index (χ0n) is 13.9. The van der Waals surface area contributed by atoms with Crippen LogP contribution in [0.5, 0.6) is 0 Å². The topological polar surface area (TPSA) is 110 Å². The Balaban J connectivity index is 2.22. The molecule has 0 spiro atoms. The van der Waals surface area contributed by atoms with Gasteiger partial charge in [-0.2, -0.15) is 0 Å². The number of hydrogen-bond acceptors (Lipinski definition) is 4. The van der Waals surface area contributed by atoms with Gasteiger partial charge in [0.2, 0.25) is 15.9 Å². The molecule has 3 N–H and O–H groups in total. The number of primary amides is 1. The maximum Gasteiger partial charge on any atom is 0.254 e. The monoisotopic (exact) mass is 353 g/mol. The minimum absolute atomic E-state index is 0.0744. The number of hydrogen-bond donors (Lipinski definition) is 2. The summed E-state index contributed by atoms with van der Waals surface area (Å²) in [4.78, 5) is 25.7. The Morgan fingerprint density at radius 1 is 1.29 bits per heavy atom. The summed E-state index contributed by atoms with van der Waals surface area (Å²) >= 11 is 0. The number of carbonyl (C=O) groups is 2. The van der Waals surface area contributed by atoms with Crippen LogP contribution < -0.4 is 10.5 Å². The molecule has 0 saturated carbocycles. The molecule has 7 nitrogen and oxygen atoms in total. The van der Waals surface area contributed by atoms with Crippen molar-refractivity contribution in [2.24, 2.45) is 11.7 Å². The van der Waals surface area contributed by atoms with Crippen molar-refractivity contribution in [1.29, 1.82) is 0 Å². The lowest BCUT2D eigenvalue weighted by atomic mass is 9.95. The second kappa shape index (κ2) is 7.31. The number of piperidine rings is 1. The maximum atomic E-state index is 12.7. The molecule has 24 heavy (non-hydrogen) atoms. The lowest BCUT2D eigenvalue weighted by molar-refractivity contribution is -0.123. The molecule has 0 atom stereocenters. The first-order valence-electron chi connectivity index (χ1n) is 7.95. The van der Waals surface area contributed by atoms with E-state index in [4.69, 9.17) is 5.73 Å². The average Bonchev–Trinajstić information content (AvgIpc) is 2.54. The van der Waals surface area contributed by atoms with E-state index >= 15 is 0 Å². The third-order valence-corrected chi connectivity index (χ3v) is 5.81. The zero-order valence-corrected chi connectivity index (χ0v) is 14.7. The van der Waals surface area contributed by atoms with E-state index in [1.165, 1.54) is 12.1 Å². The number of amides is 2. The van der Waals surface area contributed by atoms with Gasteiger partial charge in [0.25, 0.3) is 5.91 Å². The number of rotatable bonds is 5. The molecule has 0 aliphatic carbocycles. The minimum Gasteiger partial charge on any atom is -0.369 e. The number of nitrogens with one attached hydrogen (secondary N) is 1. The van der Waals surface area contributed by atoms with E-state index in [-0.39, 0.29) is 29.2 Å². The van der Waals surface area contributed by atoms with Gasteiger partial charge in [0, 0.05) is 31.1 Å². The molecule has 1 fully saturated rings. The van der Waals surface area contributed by atoms with E-state index < -0.39 is 10.0 Å². The van der Waals surface area contributed by atoms with Crippen molar-refractivity contribution in [3.63, 3.8) is 0 Å². The van der Waals surface area contributed by atoms with Crippen molar-refractivity contribution in [3.8, 4) is 0 Å². The summed E-state index contributed by atoms with van der Waals surface area (Å²) in [6.07, 6.45) is 1.07. The van der Waals surface area contributed by atoms with Crippen LogP contribution in [0.4, 0.5) is 0 Å². The minimum atomic E-state index is -3.62. The predicted octanol–water partition coefficient (Wildman–Crippen LogP) is 0.631. The third kappa shape index (κ3) is 3.93. The molecule has 0 bridgehead atoms. The first-order chi connectivity index (χ1) is 11.3. The smallest absolute Gasteiger partial charge is 0.254 e. The Morgan fingerprint density at radius 2 is 1.92 bits per heavy atom. The van der Waals surface area contributed by atoms with E-state index in [9.17, 15) is 18.0 Å². The summed E-state index contributed by atoms with van der Waals surface area (Å²) in [6.45, 7) is 4.62. The molecule has 0 unspecified atom stereocenters. The third-order valence-electron chi connectivity index (χ3n) is 4.27. The number of sulfonamides is 1. The number of nitrogens with two attached hydrogens (primary N) is 1. The van der Waals surface area contributed by atoms with Crippen molar-refractivity contribution in [3.05, 3.63) is 29.3 Å². The van der Waals surface area contributed by atoms with Crippen molar-refractivity contribution >= 4 is 21.8 Å². The molecule has 2 amide bonds. The first-order valence-corrected chi connectivity index (χ1v) is 9.43. The van der Waals surface area contributed by atoms with Gasteiger partial charge in [0.05, 0.1) is 4.90 Å². The fourth-order valence-corrected chi connectivity index (χ4v) is 3.88. The van der Waals surface area contributed by atoms with Crippen LogP contribution in [-0.2, 0) is 14.8 Å². The Labute approximate surface area is 142 Å². The number of benzene rings is 1. The highest BCUT2D eigenvalue weighted by Crippen LogP contribution is 2.22. The molecule has 132 valence electrons. The Kier molecular flexibility index (Phi) is 5.61. The largest absolute Gasteiger partial charge is 0.369 e. The molecule has 1 aliphatic heterocycles. The molecule has 1 heterocycles. The lowest BCUT2D eigenvalue weighted by Gasteiger charge is -2.31. The van der Waals surface area contributed by atoms with Crippen molar-refractivity contribution in [1.82, 2.24) is 9.62 Å². The molecule has 2 rings (SSSR count). The second-order valence-electron chi connectivity index (χ2n) is 5.95. The van der Waals surface area contributed by atoms with E-state index in [2.05, 4.69) is 4.72 Å². The number of nitrogens with zero attached hydrogens (tertiary/aromatic N) is 1. The summed E-state index contributed by atoms with van der Waals surface area (Å²) in [6, 6.07) is 4.53. The van der Waals surface area contributed by atoms with Gasteiger partial charge in [0.15, 0.2) is 0 Å².